The molecule has 0 spiro atoms. The Morgan fingerprint density at radius 1 is 1.75 bits per heavy atom. The van der Waals surface area contributed by atoms with E-state index in [0.717, 1.165) is 0 Å². The zero-order chi connectivity index (χ0) is 8.97. The molecule has 1 heterocycles. The highest BCUT2D eigenvalue weighted by molar-refractivity contribution is 5.95. The van der Waals surface area contributed by atoms with Crippen LogP contribution in [-0.2, 0) is 6.54 Å². The summed E-state index contributed by atoms with van der Waals surface area (Å²) in [6.07, 6.45) is 3.96. The summed E-state index contributed by atoms with van der Waals surface area (Å²) in [5.41, 5.74) is 0.688. The zero-order valence-electron chi connectivity index (χ0n) is 6.95. The minimum atomic E-state index is 0.117. The van der Waals surface area contributed by atoms with Gasteiger partial charge in [-0.15, -0.1) is 0 Å². The number of hydrogen-bond donors (Lipinski definition) is 0. The van der Waals surface area contributed by atoms with Crippen LogP contribution in [0, 0.1) is 11.3 Å². The molecule has 3 nitrogen and oxygen atoms in total. The van der Waals surface area contributed by atoms with Gasteiger partial charge in [0.15, 0.2) is 5.78 Å². The molecule has 1 aromatic heterocycles. The molecule has 1 rings (SSSR count). The van der Waals surface area contributed by atoms with Crippen molar-refractivity contribution in [1.29, 1.82) is 5.26 Å². The van der Waals surface area contributed by atoms with E-state index in [2.05, 4.69) is 0 Å². The number of nitriles is 1. The molecular formula is C9H10N2O. The van der Waals surface area contributed by atoms with Crippen LogP contribution in [0.15, 0.2) is 18.5 Å². The summed E-state index contributed by atoms with van der Waals surface area (Å²) in [4.78, 5) is 11.1. The highest BCUT2D eigenvalue weighted by Crippen LogP contribution is 2.04. The summed E-state index contributed by atoms with van der Waals surface area (Å²) in [6.45, 7) is 2.13. The normalized spacial score (nSPS) is 9.33. The van der Waals surface area contributed by atoms with Crippen molar-refractivity contribution in [3.8, 4) is 6.07 Å². The van der Waals surface area contributed by atoms with Gasteiger partial charge < -0.3 is 4.57 Å². The number of aromatic nitrogens is 1. The van der Waals surface area contributed by atoms with Gasteiger partial charge in [-0.25, -0.2) is 0 Å². The van der Waals surface area contributed by atoms with Crippen molar-refractivity contribution in [2.24, 2.45) is 0 Å². The molecule has 0 radical (unpaired) electrons. The lowest BCUT2D eigenvalue weighted by atomic mass is 10.2. The number of carbonyl (C=O) groups excluding carboxylic acids is 1. The SMILES string of the molecule is CCC(=O)c1ccn(CC#N)c1. The van der Waals surface area contributed by atoms with Gasteiger partial charge in [-0.3, -0.25) is 4.79 Å². The van der Waals surface area contributed by atoms with E-state index in [-0.39, 0.29) is 5.78 Å². The van der Waals surface area contributed by atoms with Gasteiger partial charge in [0.2, 0.25) is 0 Å². The first-order valence-corrected chi connectivity index (χ1v) is 3.84. The van der Waals surface area contributed by atoms with Gasteiger partial charge in [-0.05, 0) is 6.07 Å². The van der Waals surface area contributed by atoms with Gasteiger partial charge in [0.1, 0.15) is 6.54 Å². The third kappa shape index (κ3) is 1.73. The molecule has 3 heteroatoms. The predicted molar refractivity (Wildman–Crippen MR) is 44.7 cm³/mol. The second kappa shape index (κ2) is 3.72. The molecule has 0 unspecified atom stereocenters. The Labute approximate surface area is 71.2 Å². The molecule has 0 aliphatic carbocycles. The van der Waals surface area contributed by atoms with Crippen LogP contribution < -0.4 is 0 Å². The Bertz CT molecular complexity index is 320. The molecule has 0 N–H and O–H groups in total. The first kappa shape index (κ1) is 8.54. The van der Waals surface area contributed by atoms with Gasteiger partial charge in [-0.2, -0.15) is 5.26 Å². The summed E-state index contributed by atoms with van der Waals surface area (Å²) < 4.78 is 1.70. The van der Waals surface area contributed by atoms with Crippen molar-refractivity contribution in [3.05, 3.63) is 24.0 Å². The fourth-order valence-electron chi connectivity index (χ4n) is 0.990. The minimum Gasteiger partial charge on any atom is -0.340 e. The van der Waals surface area contributed by atoms with Gasteiger partial charge in [0, 0.05) is 24.4 Å². The fraction of sp³-hybridized carbons (Fsp3) is 0.333. The largest absolute Gasteiger partial charge is 0.340 e. The topological polar surface area (TPSA) is 45.8 Å². The third-order valence-corrected chi connectivity index (χ3v) is 1.65. The second-order valence-corrected chi connectivity index (χ2v) is 2.51. The van der Waals surface area contributed by atoms with Crippen molar-refractivity contribution in [1.82, 2.24) is 4.57 Å². The predicted octanol–water partition coefficient (Wildman–Crippen LogP) is 1.60. The molecule has 0 fully saturated rings. The molecule has 1 aromatic rings. The molecule has 0 aromatic carbocycles. The maximum absolute atomic E-state index is 11.1. The maximum atomic E-state index is 11.1. The lowest BCUT2D eigenvalue weighted by Gasteiger charge is -1.91. The van der Waals surface area contributed by atoms with Crippen molar-refractivity contribution < 1.29 is 4.79 Å². The van der Waals surface area contributed by atoms with E-state index in [1.807, 2.05) is 13.0 Å². The Morgan fingerprint density at radius 2 is 2.50 bits per heavy atom. The van der Waals surface area contributed by atoms with Crippen molar-refractivity contribution in [3.63, 3.8) is 0 Å². The van der Waals surface area contributed by atoms with Crippen molar-refractivity contribution >= 4 is 5.78 Å². The van der Waals surface area contributed by atoms with Gasteiger partial charge >= 0.3 is 0 Å². The molecule has 0 bridgehead atoms. The molecule has 0 aliphatic rings. The standard InChI is InChI=1S/C9H10N2O/c1-2-9(12)8-3-5-11(7-8)6-4-10/h3,5,7H,2,6H2,1H3. The number of Topliss-reactive ketones (excluding diaryl/α,β-unsaturated/α-hetero) is 1. The quantitative estimate of drug-likeness (QED) is 0.634. The third-order valence-electron chi connectivity index (χ3n) is 1.65. The molecule has 0 aliphatic heterocycles. The molecule has 62 valence electrons. The smallest absolute Gasteiger partial charge is 0.164 e. The monoisotopic (exact) mass is 162 g/mol. The van der Waals surface area contributed by atoms with E-state index in [0.29, 0.717) is 18.5 Å². The number of rotatable bonds is 3. The van der Waals surface area contributed by atoms with Crippen LogP contribution in [0.2, 0.25) is 0 Å². The van der Waals surface area contributed by atoms with Gasteiger partial charge in [0.05, 0.1) is 6.07 Å². The Morgan fingerprint density at radius 3 is 3.08 bits per heavy atom. The number of hydrogen-bond acceptors (Lipinski definition) is 2. The fourth-order valence-corrected chi connectivity index (χ4v) is 0.990. The summed E-state index contributed by atoms with van der Waals surface area (Å²) in [5.74, 6) is 0.117. The van der Waals surface area contributed by atoms with E-state index in [4.69, 9.17) is 5.26 Å². The summed E-state index contributed by atoms with van der Waals surface area (Å²) in [7, 11) is 0. The lowest BCUT2D eigenvalue weighted by Crippen LogP contribution is -1.95. The van der Waals surface area contributed by atoms with Crippen LogP contribution in [0.4, 0.5) is 0 Å². The Kier molecular flexibility index (Phi) is 2.65. The van der Waals surface area contributed by atoms with E-state index in [1.165, 1.54) is 0 Å². The molecular weight excluding hydrogens is 152 g/mol. The number of ketones is 1. The Hall–Kier alpha value is -1.56. The summed E-state index contributed by atoms with van der Waals surface area (Å²) >= 11 is 0. The van der Waals surface area contributed by atoms with Crippen LogP contribution in [-0.4, -0.2) is 10.4 Å². The van der Waals surface area contributed by atoms with Crippen LogP contribution in [0.1, 0.15) is 23.7 Å². The second-order valence-electron chi connectivity index (χ2n) is 2.51. The molecule has 0 atom stereocenters. The average Bonchev–Trinajstić information content (AvgIpc) is 2.52. The molecule has 0 saturated heterocycles. The lowest BCUT2D eigenvalue weighted by molar-refractivity contribution is 0.0988. The van der Waals surface area contributed by atoms with Crippen molar-refractivity contribution in [2.45, 2.75) is 19.9 Å². The van der Waals surface area contributed by atoms with Crippen LogP contribution in [0.5, 0.6) is 0 Å². The van der Waals surface area contributed by atoms with E-state index < -0.39 is 0 Å². The highest BCUT2D eigenvalue weighted by Gasteiger charge is 2.03. The average molecular weight is 162 g/mol. The molecule has 0 saturated carbocycles. The van der Waals surface area contributed by atoms with Gasteiger partial charge in [-0.1, -0.05) is 6.92 Å². The number of nitrogens with zero attached hydrogens (tertiary/aromatic N) is 2. The van der Waals surface area contributed by atoms with Crippen LogP contribution in [0.25, 0.3) is 0 Å². The first-order chi connectivity index (χ1) is 5.77. The van der Waals surface area contributed by atoms with Crippen molar-refractivity contribution in [2.75, 3.05) is 0 Å². The van der Waals surface area contributed by atoms with Crippen LogP contribution >= 0.6 is 0 Å². The van der Waals surface area contributed by atoms with E-state index in [1.54, 1.807) is 23.0 Å². The zero-order valence-corrected chi connectivity index (χ0v) is 6.95. The Balaban J connectivity index is 2.78. The number of carbonyl (C=O) groups is 1. The van der Waals surface area contributed by atoms with Crippen LogP contribution in [0.3, 0.4) is 0 Å². The van der Waals surface area contributed by atoms with E-state index >= 15 is 0 Å². The first-order valence-electron chi connectivity index (χ1n) is 3.84. The maximum Gasteiger partial charge on any atom is 0.164 e. The molecule has 0 amide bonds. The summed E-state index contributed by atoms with van der Waals surface area (Å²) in [6, 6.07) is 3.75. The highest BCUT2D eigenvalue weighted by atomic mass is 16.1. The van der Waals surface area contributed by atoms with E-state index in [9.17, 15) is 4.79 Å². The molecule has 12 heavy (non-hydrogen) atoms. The van der Waals surface area contributed by atoms with Gasteiger partial charge in [0.25, 0.3) is 0 Å². The summed E-state index contributed by atoms with van der Waals surface area (Å²) in [5, 5.41) is 8.37. The minimum absolute atomic E-state index is 0.117.